The molecule has 4 atom stereocenters. The first-order chi connectivity index (χ1) is 8.79. The molecule has 0 unspecified atom stereocenters. The van der Waals surface area contributed by atoms with Gasteiger partial charge >= 0.3 is 7.12 Å². The van der Waals surface area contributed by atoms with Crippen molar-refractivity contribution in [3.8, 4) is 0 Å². The number of ether oxygens (including phenoxy) is 2. The summed E-state index contributed by atoms with van der Waals surface area (Å²) in [5.74, 6) is 0. The van der Waals surface area contributed by atoms with Crippen LogP contribution in [0.15, 0.2) is 30.3 Å². The summed E-state index contributed by atoms with van der Waals surface area (Å²) in [6.45, 7) is 0.365. The number of aliphatic hydroxyl groups excluding tert-OH is 1. The van der Waals surface area contributed by atoms with Gasteiger partial charge < -0.3 is 23.9 Å². The fourth-order valence-corrected chi connectivity index (χ4v) is 2.35. The number of methoxy groups -OCH3 is 1. The van der Waals surface area contributed by atoms with Crippen molar-refractivity contribution in [2.24, 2.45) is 0 Å². The van der Waals surface area contributed by atoms with Gasteiger partial charge in [0, 0.05) is 7.11 Å². The molecule has 0 aliphatic carbocycles. The lowest BCUT2D eigenvalue weighted by Gasteiger charge is -2.34. The predicted molar refractivity (Wildman–Crippen MR) is 64.3 cm³/mol. The Morgan fingerprint density at radius 1 is 1.28 bits per heavy atom. The molecular weight excluding hydrogens is 235 g/mol. The lowest BCUT2D eigenvalue weighted by atomic mass is 9.79. The van der Waals surface area contributed by atoms with E-state index in [0.717, 1.165) is 5.46 Å². The maximum atomic E-state index is 10.0. The fourth-order valence-electron chi connectivity index (χ4n) is 2.35. The van der Waals surface area contributed by atoms with Crippen LogP contribution in [0.5, 0.6) is 0 Å². The third-order valence-corrected chi connectivity index (χ3v) is 3.29. The van der Waals surface area contributed by atoms with Gasteiger partial charge in [0.15, 0.2) is 6.29 Å². The smallest absolute Gasteiger partial charge is 0.399 e. The average molecular weight is 250 g/mol. The molecule has 5 nitrogen and oxygen atoms in total. The Morgan fingerprint density at radius 2 is 2.06 bits per heavy atom. The summed E-state index contributed by atoms with van der Waals surface area (Å²) in [6.07, 6.45) is -2.14. The molecule has 0 spiro atoms. The van der Waals surface area contributed by atoms with Crippen LogP contribution in [0.4, 0.5) is 0 Å². The van der Waals surface area contributed by atoms with Crippen molar-refractivity contribution < 1.29 is 23.9 Å². The molecule has 6 heteroatoms. The van der Waals surface area contributed by atoms with Crippen molar-refractivity contribution in [1.82, 2.24) is 0 Å². The standard InChI is InChI=1S/C12H15BO5/c1-15-12-10(14)11-9(7-16-12)17-13(18-11)8-5-3-2-4-6-8/h2-6,9-12,14H,7H2,1H3/t9-,10+,11-,12-/m1/s1. The number of hydrogen-bond donors (Lipinski definition) is 1. The van der Waals surface area contributed by atoms with Gasteiger partial charge in [-0.15, -0.1) is 0 Å². The van der Waals surface area contributed by atoms with Crippen molar-refractivity contribution in [3.63, 3.8) is 0 Å². The number of fused-ring (bicyclic) bond motifs is 1. The quantitative estimate of drug-likeness (QED) is 0.719. The summed E-state index contributed by atoms with van der Waals surface area (Å²) in [7, 11) is 1.05. The van der Waals surface area contributed by atoms with E-state index in [0.29, 0.717) is 6.61 Å². The van der Waals surface area contributed by atoms with E-state index in [4.69, 9.17) is 18.8 Å². The number of aliphatic hydroxyl groups is 1. The van der Waals surface area contributed by atoms with Crippen molar-refractivity contribution in [1.29, 1.82) is 0 Å². The minimum absolute atomic E-state index is 0.253. The highest BCUT2D eigenvalue weighted by Crippen LogP contribution is 2.27. The fraction of sp³-hybridized carbons (Fsp3) is 0.500. The first-order valence-corrected chi connectivity index (χ1v) is 5.98. The van der Waals surface area contributed by atoms with Gasteiger partial charge in [-0.3, -0.25) is 0 Å². The van der Waals surface area contributed by atoms with Gasteiger partial charge in [0.05, 0.1) is 12.7 Å². The summed E-state index contributed by atoms with van der Waals surface area (Å²) >= 11 is 0. The molecule has 1 N–H and O–H groups in total. The van der Waals surface area contributed by atoms with Crippen LogP contribution in [0.3, 0.4) is 0 Å². The van der Waals surface area contributed by atoms with Gasteiger partial charge in [-0.1, -0.05) is 30.3 Å². The Labute approximate surface area is 106 Å². The van der Waals surface area contributed by atoms with Crippen molar-refractivity contribution >= 4 is 12.6 Å². The highest BCUT2D eigenvalue weighted by Gasteiger charge is 2.49. The van der Waals surface area contributed by atoms with Crippen molar-refractivity contribution in [3.05, 3.63) is 30.3 Å². The molecule has 1 aromatic carbocycles. The van der Waals surface area contributed by atoms with E-state index in [-0.39, 0.29) is 6.10 Å². The molecule has 0 bridgehead atoms. The van der Waals surface area contributed by atoms with Gasteiger partial charge in [0.1, 0.15) is 12.2 Å². The van der Waals surface area contributed by atoms with Crippen LogP contribution in [0.2, 0.25) is 0 Å². The molecule has 18 heavy (non-hydrogen) atoms. The largest absolute Gasteiger partial charge is 0.494 e. The maximum absolute atomic E-state index is 10.0. The van der Waals surface area contributed by atoms with Crippen LogP contribution >= 0.6 is 0 Å². The van der Waals surface area contributed by atoms with Gasteiger partial charge in [0.2, 0.25) is 0 Å². The Morgan fingerprint density at radius 3 is 2.78 bits per heavy atom. The Balaban J connectivity index is 1.74. The normalized spacial score (nSPS) is 35.6. The molecular formula is C12H15BO5. The Bertz CT molecular complexity index is 401. The van der Waals surface area contributed by atoms with E-state index in [2.05, 4.69) is 0 Å². The monoisotopic (exact) mass is 250 g/mol. The van der Waals surface area contributed by atoms with Gasteiger partial charge in [-0.05, 0) is 5.46 Å². The lowest BCUT2D eigenvalue weighted by molar-refractivity contribution is -0.240. The third kappa shape index (κ3) is 2.06. The number of benzene rings is 1. The molecule has 2 fully saturated rings. The zero-order valence-corrected chi connectivity index (χ0v) is 10.1. The van der Waals surface area contributed by atoms with Crippen LogP contribution < -0.4 is 5.46 Å². The molecule has 2 saturated heterocycles. The Hall–Kier alpha value is -0.915. The summed E-state index contributed by atoms with van der Waals surface area (Å²) in [6, 6.07) is 9.65. The predicted octanol–water partition coefficient (Wildman–Crippen LogP) is -0.471. The van der Waals surface area contributed by atoms with E-state index in [1.54, 1.807) is 0 Å². The second-order valence-electron chi connectivity index (χ2n) is 4.45. The molecule has 0 aromatic heterocycles. The first-order valence-electron chi connectivity index (χ1n) is 5.98. The van der Waals surface area contributed by atoms with Crippen molar-refractivity contribution in [2.45, 2.75) is 24.6 Å². The van der Waals surface area contributed by atoms with E-state index < -0.39 is 25.6 Å². The summed E-state index contributed by atoms with van der Waals surface area (Å²) in [5.41, 5.74) is 0.938. The lowest BCUT2D eigenvalue weighted by Crippen LogP contribution is -2.52. The van der Waals surface area contributed by atoms with Gasteiger partial charge in [-0.2, -0.15) is 0 Å². The summed E-state index contributed by atoms with van der Waals surface area (Å²) in [5, 5.41) is 10.0. The van der Waals surface area contributed by atoms with E-state index >= 15 is 0 Å². The van der Waals surface area contributed by atoms with Gasteiger partial charge in [0.25, 0.3) is 0 Å². The minimum Gasteiger partial charge on any atom is -0.399 e. The molecule has 0 amide bonds. The molecule has 2 aliphatic rings. The number of hydrogen-bond acceptors (Lipinski definition) is 5. The molecule has 0 saturated carbocycles. The molecule has 3 rings (SSSR count). The van der Waals surface area contributed by atoms with Crippen LogP contribution in [0.1, 0.15) is 0 Å². The Kier molecular flexibility index (Phi) is 3.36. The zero-order valence-electron chi connectivity index (χ0n) is 10.1. The minimum atomic E-state index is -0.831. The summed E-state index contributed by atoms with van der Waals surface area (Å²) < 4.78 is 21.9. The zero-order chi connectivity index (χ0) is 12.5. The maximum Gasteiger partial charge on any atom is 0.494 e. The van der Waals surface area contributed by atoms with E-state index in [1.165, 1.54) is 7.11 Å². The van der Waals surface area contributed by atoms with Crippen LogP contribution in [-0.4, -0.2) is 50.5 Å². The SMILES string of the molecule is CO[C@@H]1OC[C@H]2OB(c3ccccc3)O[C@H]2[C@@H]1O. The second kappa shape index (κ2) is 4.99. The number of rotatable bonds is 2. The van der Waals surface area contributed by atoms with Crippen LogP contribution in [-0.2, 0) is 18.8 Å². The average Bonchev–Trinajstić information content (AvgIpc) is 2.85. The third-order valence-electron chi connectivity index (χ3n) is 3.29. The molecule has 96 valence electrons. The van der Waals surface area contributed by atoms with Crippen LogP contribution in [0, 0.1) is 0 Å². The molecule has 2 heterocycles. The van der Waals surface area contributed by atoms with E-state index in [1.807, 2.05) is 30.3 Å². The molecule has 2 aliphatic heterocycles. The summed E-state index contributed by atoms with van der Waals surface area (Å²) in [4.78, 5) is 0. The molecule has 1 aromatic rings. The second-order valence-corrected chi connectivity index (χ2v) is 4.45. The van der Waals surface area contributed by atoms with Crippen molar-refractivity contribution in [2.75, 3.05) is 13.7 Å². The highest BCUT2D eigenvalue weighted by molar-refractivity contribution is 6.61. The topological polar surface area (TPSA) is 57.2 Å². The van der Waals surface area contributed by atoms with Gasteiger partial charge in [-0.25, -0.2) is 0 Å². The van der Waals surface area contributed by atoms with Crippen LogP contribution in [0.25, 0.3) is 0 Å². The highest BCUT2D eigenvalue weighted by atomic mass is 16.7. The molecule has 0 radical (unpaired) electrons. The van der Waals surface area contributed by atoms with E-state index in [9.17, 15) is 5.11 Å². The first kappa shape index (κ1) is 12.1.